The second kappa shape index (κ2) is 9.02. The zero-order valence-corrected chi connectivity index (χ0v) is 13.7. The van der Waals surface area contributed by atoms with E-state index in [1.165, 1.54) is 37.8 Å². The molecule has 114 valence electrons. The number of nitrogens with zero attached hydrogens (tertiary/aromatic N) is 1. The molecule has 0 saturated heterocycles. The van der Waals surface area contributed by atoms with E-state index in [4.69, 9.17) is 5.73 Å². The van der Waals surface area contributed by atoms with Gasteiger partial charge in [0.1, 0.15) is 0 Å². The van der Waals surface area contributed by atoms with Crippen molar-refractivity contribution in [3.63, 3.8) is 0 Å². The molecule has 0 aliphatic heterocycles. The van der Waals surface area contributed by atoms with Crippen LogP contribution in [0.1, 0.15) is 58.9 Å². The molecule has 0 saturated carbocycles. The van der Waals surface area contributed by atoms with Crippen molar-refractivity contribution in [3.05, 3.63) is 29.8 Å². The maximum atomic E-state index is 5.89. The van der Waals surface area contributed by atoms with Crippen LogP contribution in [0.15, 0.2) is 24.3 Å². The minimum Gasteiger partial charge on any atom is -0.399 e. The van der Waals surface area contributed by atoms with Crippen LogP contribution in [-0.4, -0.2) is 17.5 Å². The highest BCUT2D eigenvalue weighted by molar-refractivity contribution is 5.40. The number of unbranched alkanes of at least 4 members (excludes halogenated alkanes) is 1. The number of anilines is 1. The molecule has 0 spiro atoms. The lowest BCUT2D eigenvalue weighted by molar-refractivity contribution is 0.170. The number of benzene rings is 1. The molecule has 1 unspecified atom stereocenters. The third-order valence-electron chi connectivity index (χ3n) is 4.10. The molecule has 1 rings (SSSR count). The van der Waals surface area contributed by atoms with E-state index in [-0.39, 0.29) is 0 Å². The van der Waals surface area contributed by atoms with Crippen LogP contribution in [0.3, 0.4) is 0 Å². The quantitative estimate of drug-likeness (QED) is 0.663. The Morgan fingerprint density at radius 1 is 1.20 bits per heavy atom. The first kappa shape index (κ1) is 17.0. The summed E-state index contributed by atoms with van der Waals surface area (Å²) < 4.78 is 0. The van der Waals surface area contributed by atoms with E-state index in [9.17, 15) is 0 Å². The summed E-state index contributed by atoms with van der Waals surface area (Å²) in [6.07, 6.45) is 5.28. The average Bonchev–Trinajstić information content (AvgIpc) is 2.42. The molecule has 0 heterocycles. The Balaban J connectivity index is 2.64. The van der Waals surface area contributed by atoms with E-state index in [2.05, 4.69) is 50.8 Å². The zero-order valence-electron chi connectivity index (χ0n) is 13.7. The number of nitrogens with two attached hydrogens (primary N) is 1. The molecular formula is C18H32N2. The second-order valence-corrected chi connectivity index (χ2v) is 6.18. The third-order valence-corrected chi connectivity index (χ3v) is 4.10. The van der Waals surface area contributed by atoms with Crippen molar-refractivity contribution < 1.29 is 0 Å². The molecule has 2 nitrogen and oxygen atoms in total. The van der Waals surface area contributed by atoms with Gasteiger partial charge < -0.3 is 5.73 Å². The molecule has 0 aromatic heterocycles. The van der Waals surface area contributed by atoms with Gasteiger partial charge >= 0.3 is 0 Å². The summed E-state index contributed by atoms with van der Waals surface area (Å²) in [6, 6.07) is 8.87. The molecule has 0 aliphatic rings. The van der Waals surface area contributed by atoms with Crippen molar-refractivity contribution in [2.24, 2.45) is 5.92 Å². The Hall–Kier alpha value is -1.02. The second-order valence-electron chi connectivity index (χ2n) is 6.18. The summed E-state index contributed by atoms with van der Waals surface area (Å²) in [7, 11) is 0. The Morgan fingerprint density at radius 2 is 1.95 bits per heavy atom. The highest BCUT2D eigenvalue weighted by atomic mass is 15.1. The molecule has 1 aromatic rings. The van der Waals surface area contributed by atoms with E-state index in [0.29, 0.717) is 6.04 Å². The van der Waals surface area contributed by atoms with Crippen molar-refractivity contribution in [1.82, 2.24) is 4.90 Å². The zero-order chi connectivity index (χ0) is 15.0. The molecule has 2 N–H and O–H groups in total. The van der Waals surface area contributed by atoms with Gasteiger partial charge in [-0.25, -0.2) is 0 Å². The molecule has 1 atom stereocenters. The minimum atomic E-state index is 0.576. The van der Waals surface area contributed by atoms with Crippen LogP contribution in [0.5, 0.6) is 0 Å². The summed E-state index contributed by atoms with van der Waals surface area (Å²) >= 11 is 0. The van der Waals surface area contributed by atoms with E-state index in [0.717, 1.165) is 18.2 Å². The lowest BCUT2D eigenvalue weighted by Gasteiger charge is -2.30. The highest BCUT2D eigenvalue weighted by Gasteiger charge is 2.15. The largest absolute Gasteiger partial charge is 0.399 e. The summed E-state index contributed by atoms with van der Waals surface area (Å²) in [6.45, 7) is 11.4. The molecule has 2 heteroatoms. The number of hydrogen-bond donors (Lipinski definition) is 1. The van der Waals surface area contributed by atoms with Gasteiger partial charge in [-0.2, -0.15) is 0 Å². The lowest BCUT2D eigenvalue weighted by Crippen LogP contribution is -2.34. The molecule has 0 fully saturated rings. The molecule has 0 amide bonds. The van der Waals surface area contributed by atoms with Crippen molar-refractivity contribution in [2.45, 2.75) is 66.0 Å². The summed E-state index contributed by atoms with van der Waals surface area (Å²) in [5.74, 6) is 0.818. The first-order valence-corrected chi connectivity index (χ1v) is 8.15. The van der Waals surface area contributed by atoms with Gasteiger partial charge in [-0.3, -0.25) is 4.90 Å². The standard InChI is InChI=1S/C18H32N2/c1-5-7-9-16(6-2)13-20(15(3)4)14-17-10-8-11-18(19)12-17/h8,10-12,15-16H,5-7,9,13-14,19H2,1-4H3. The van der Waals surface area contributed by atoms with Crippen molar-refractivity contribution in [2.75, 3.05) is 12.3 Å². The molecule has 20 heavy (non-hydrogen) atoms. The monoisotopic (exact) mass is 276 g/mol. The van der Waals surface area contributed by atoms with Crippen LogP contribution < -0.4 is 5.73 Å². The topological polar surface area (TPSA) is 29.3 Å². The van der Waals surface area contributed by atoms with Gasteiger partial charge in [0.15, 0.2) is 0 Å². The van der Waals surface area contributed by atoms with E-state index >= 15 is 0 Å². The SMILES string of the molecule is CCCCC(CC)CN(Cc1cccc(N)c1)C(C)C. The predicted molar refractivity (Wildman–Crippen MR) is 89.7 cm³/mol. The van der Waals surface area contributed by atoms with E-state index in [1.54, 1.807) is 0 Å². The van der Waals surface area contributed by atoms with Gasteiger partial charge in [0.2, 0.25) is 0 Å². The fourth-order valence-corrected chi connectivity index (χ4v) is 2.63. The van der Waals surface area contributed by atoms with Crippen LogP contribution in [-0.2, 0) is 6.54 Å². The van der Waals surface area contributed by atoms with Gasteiger partial charge in [0.25, 0.3) is 0 Å². The van der Waals surface area contributed by atoms with Gasteiger partial charge in [-0.05, 0) is 43.9 Å². The first-order valence-electron chi connectivity index (χ1n) is 8.15. The van der Waals surface area contributed by atoms with Gasteiger partial charge in [0.05, 0.1) is 0 Å². The Kier molecular flexibility index (Phi) is 7.68. The van der Waals surface area contributed by atoms with Gasteiger partial charge in [-0.15, -0.1) is 0 Å². The maximum Gasteiger partial charge on any atom is 0.0317 e. The molecular weight excluding hydrogens is 244 g/mol. The van der Waals surface area contributed by atoms with Gasteiger partial charge in [-0.1, -0.05) is 45.2 Å². The third kappa shape index (κ3) is 5.96. The van der Waals surface area contributed by atoms with Crippen LogP contribution in [0.2, 0.25) is 0 Å². The van der Waals surface area contributed by atoms with Crippen molar-refractivity contribution in [1.29, 1.82) is 0 Å². The number of rotatable bonds is 9. The number of hydrogen-bond acceptors (Lipinski definition) is 2. The minimum absolute atomic E-state index is 0.576. The fraction of sp³-hybridized carbons (Fsp3) is 0.667. The first-order chi connectivity index (χ1) is 9.56. The van der Waals surface area contributed by atoms with Gasteiger partial charge in [0, 0.05) is 24.8 Å². The highest BCUT2D eigenvalue weighted by Crippen LogP contribution is 2.18. The normalized spacial score (nSPS) is 13.1. The molecule has 0 radical (unpaired) electrons. The van der Waals surface area contributed by atoms with Crippen LogP contribution in [0.25, 0.3) is 0 Å². The molecule has 0 aliphatic carbocycles. The van der Waals surface area contributed by atoms with Crippen LogP contribution in [0.4, 0.5) is 5.69 Å². The van der Waals surface area contributed by atoms with Crippen LogP contribution >= 0.6 is 0 Å². The van der Waals surface area contributed by atoms with E-state index < -0.39 is 0 Å². The smallest absolute Gasteiger partial charge is 0.0317 e. The summed E-state index contributed by atoms with van der Waals surface area (Å²) in [5.41, 5.74) is 8.07. The van der Waals surface area contributed by atoms with E-state index in [1.807, 2.05) is 6.07 Å². The Morgan fingerprint density at radius 3 is 2.50 bits per heavy atom. The number of nitrogen functional groups attached to an aromatic ring is 1. The average molecular weight is 276 g/mol. The Labute approximate surface area is 125 Å². The summed E-state index contributed by atoms with van der Waals surface area (Å²) in [4.78, 5) is 2.58. The maximum absolute atomic E-state index is 5.89. The van der Waals surface area contributed by atoms with Crippen molar-refractivity contribution in [3.8, 4) is 0 Å². The summed E-state index contributed by atoms with van der Waals surface area (Å²) in [5, 5.41) is 0. The molecule has 0 bridgehead atoms. The Bertz CT molecular complexity index is 373. The molecule has 1 aromatic carbocycles. The fourth-order valence-electron chi connectivity index (χ4n) is 2.63. The lowest BCUT2D eigenvalue weighted by atomic mass is 9.98. The predicted octanol–water partition coefficient (Wildman–Crippen LogP) is 4.70. The van der Waals surface area contributed by atoms with Crippen LogP contribution in [0, 0.1) is 5.92 Å². The van der Waals surface area contributed by atoms with Crippen molar-refractivity contribution >= 4 is 5.69 Å².